The van der Waals surface area contributed by atoms with Crippen LogP contribution < -0.4 is 5.32 Å². The first-order valence-electron chi connectivity index (χ1n) is 6.08. The van der Waals surface area contributed by atoms with E-state index in [1.807, 2.05) is 31.2 Å². The summed E-state index contributed by atoms with van der Waals surface area (Å²) < 4.78 is 6.33. The second-order valence-electron chi connectivity index (χ2n) is 4.07. The highest BCUT2D eigenvalue weighted by molar-refractivity contribution is 9.10. The molecule has 1 heterocycles. The van der Waals surface area contributed by atoms with Gasteiger partial charge in [-0.3, -0.25) is 10.1 Å². The predicted octanol–water partition coefficient (Wildman–Crippen LogP) is 3.63. The summed E-state index contributed by atoms with van der Waals surface area (Å²) in [5.74, 6) is 0.276. The topological polar surface area (TPSA) is 68.0 Å². The van der Waals surface area contributed by atoms with Gasteiger partial charge < -0.3 is 4.42 Å². The van der Waals surface area contributed by atoms with E-state index in [1.54, 1.807) is 0 Å². The zero-order chi connectivity index (χ0) is 13.7. The molecule has 19 heavy (non-hydrogen) atoms. The highest BCUT2D eigenvalue weighted by Gasteiger charge is 2.11. The second kappa shape index (κ2) is 6.47. The molecule has 0 aliphatic rings. The Balaban J connectivity index is 2.05. The number of aromatic nitrogens is 2. The van der Waals surface area contributed by atoms with Crippen molar-refractivity contribution in [1.29, 1.82) is 0 Å². The van der Waals surface area contributed by atoms with Gasteiger partial charge in [-0.2, -0.15) is 0 Å². The van der Waals surface area contributed by atoms with Crippen molar-refractivity contribution in [2.75, 3.05) is 5.32 Å². The van der Waals surface area contributed by atoms with E-state index in [1.165, 1.54) is 0 Å². The molecule has 0 radical (unpaired) electrons. The Morgan fingerprint density at radius 2 is 2.26 bits per heavy atom. The van der Waals surface area contributed by atoms with Crippen molar-refractivity contribution in [3.8, 4) is 11.5 Å². The molecule has 6 heteroatoms. The lowest BCUT2D eigenvalue weighted by Gasteiger charge is -1.98. The van der Waals surface area contributed by atoms with Crippen LogP contribution in [0, 0.1) is 0 Å². The fourth-order valence-corrected chi connectivity index (χ4v) is 1.93. The van der Waals surface area contributed by atoms with E-state index in [0.717, 1.165) is 22.9 Å². The van der Waals surface area contributed by atoms with E-state index in [4.69, 9.17) is 4.42 Å². The Labute approximate surface area is 119 Å². The summed E-state index contributed by atoms with van der Waals surface area (Å²) in [5, 5.41) is 10.3. The second-order valence-corrected chi connectivity index (χ2v) is 4.99. The van der Waals surface area contributed by atoms with Crippen LogP contribution in [0.5, 0.6) is 0 Å². The van der Waals surface area contributed by atoms with Gasteiger partial charge in [0.15, 0.2) is 0 Å². The lowest BCUT2D eigenvalue weighted by Crippen LogP contribution is -2.11. The molecule has 0 aliphatic carbocycles. The Hall–Kier alpha value is -1.69. The molecule has 2 aromatic rings. The highest BCUT2D eigenvalue weighted by Crippen LogP contribution is 2.23. The molecule has 0 unspecified atom stereocenters. The number of benzene rings is 1. The Bertz CT molecular complexity index is 569. The van der Waals surface area contributed by atoms with Gasteiger partial charge in [-0.1, -0.05) is 40.4 Å². The number of unbranched alkanes of at least 4 members (excludes halogenated alkanes) is 1. The van der Waals surface area contributed by atoms with Crippen LogP contribution in [0.4, 0.5) is 6.01 Å². The predicted molar refractivity (Wildman–Crippen MR) is 75.6 cm³/mol. The van der Waals surface area contributed by atoms with Crippen LogP contribution in [0.15, 0.2) is 33.2 Å². The van der Waals surface area contributed by atoms with Crippen LogP contribution >= 0.6 is 15.9 Å². The monoisotopic (exact) mass is 323 g/mol. The summed E-state index contributed by atoms with van der Waals surface area (Å²) in [5.41, 5.74) is 0.802. The van der Waals surface area contributed by atoms with E-state index in [0.29, 0.717) is 12.3 Å². The summed E-state index contributed by atoms with van der Waals surface area (Å²) in [6, 6.07) is 7.66. The van der Waals surface area contributed by atoms with Crippen LogP contribution in [0.2, 0.25) is 0 Å². The molecular weight excluding hydrogens is 310 g/mol. The fourth-order valence-electron chi connectivity index (χ4n) is 1.53. The number of carbonyl (C=O) groups excluding carboxylic acids is 1. The highest BCUT2D eigenvalue weighted by atomic mass is 79.9. The number of hydrogen-bond acceptors (Lipinski definition) is 4. The quantitative estimate of drug-likeness (QED) is 0.912. The lowest BCUT2D eigenvalue weighted by atomic mass is 10.2. The molecule has 100 valence electrons. The Kier molecular flexibility index (Phi) is 4.68. The van der Waals surface area contributed by atoms with Crippen LogP contribution in [-0.4, -0.2) is 16.1 Å². The summed E-state index contributed by atoms with van der Waals surface area (Å²) >= 11 is 3.38. The summed E-state index contributed by atoms with van der Waals surface area (Å²) in [7, 11) is 0. The molecule has 1 aromatic carbocycles. The minimum atomic E-state index is -0.105. The minimum absolute atomic E-state index is 0.105. The normalized spacial score (nSPS) is 10.4. The first kappa shape index (κ1) is 13.7. The maximum atomic E-state index is 11.5. The van der Waals surface area contributed by atoms with Crippen molar-refractivity contribution in [3.63, 3.8) is 0 Å². The van der Waals surface area contributed by atoms with Crippen molar-refractivity contribution < 1.29 is 9.21 Å². The van der Waals surface area contributed by atoms with Crippen LogP contribution in [0.1, 0.15) is 26.2 Å². The molecule has 0 atom stereocenters. The molecule has 1 N–H and O–H groups in total. The molecule has 0 bridgehead atoms. The molecule has 0 aliphatic heterocycles. The maximum Gasteiger partial charge on any atom is 0.322 e. The number of hydrogen-bond donors (Lipinski definition) is 1. The van der Waals surface area contributed by atoms with Crippen LogP contribution in [0.3, 0.4) is 0 Å². The first-order valence-corrected chi connectivity index (χ1v) is 6.87. The average Bonchev–Trinajstić information content (AvgIpc) is 2.85. The smallest absolute Gasteiger partial charge is 0.322 e. The fraction of sp³-hybridized carbons (Fsp3) is 0.308. The number of amides is 1. The largest absolute Gasteiger partial charge is 0.403 e. The van der Waals surface area contributed by atoms with Gasteiger partial charge in [0.05, 0.1) is 0 Å². The SMILES string of the molecule is CCCCC(=O)Nc1nnc(-c2cccc(Br)c2)o1. The lowest BCUT2D eigenvalue weighted by molar-refractivity contribution is -0.116. The van der Waals surface area contributed by atoms with E-state index in [-0.39, 0.29) is 11.9 Å². The summed E-state index contributed by atoms with van der Waals surface area (Å²) in [6.45, 7) is 2.03. The van der Waals surface area contributed by atoms with Crippen molar-refractivity contribution in [3.05, 3.63) is 28.7 Å². The number of nitrogens with zero attached hydrogens (tertiary/aromatic N) is 2. The van der Waals surface area contributed by atoms with Crippen LogP contribution in [0.25, 0.3) is 11.5 Å². The third kappa shape index (κ3) is 3.89. The molecule has 0 saturated carbocycles. The van der Waals surface area contributed by atoms with Gasteiger partial charge in [0.25, 0.3) is 0 Å². The number of rotatable bonds is 5. The van der Waals surface area contributed by atoms with Gasteiger partial charge in [-0.25, -0.2) is 0 Å². The van der Waals surface area contributed by atoms with Gasteiger partial charge in [0.2, 0.25) is 11.8 Å². The van der Waals surface area contributed by atoms with Crippen molar-refractivity contribution >= 4 is 27.9 Å². The molecule has 0 spiro atoms. The number of nitrogens with one attached hydrogen (secondary N) is 1. The Morgan fingerprint density at radius 3 is 3.00 bits per heavy atom. The number of carbonyl (C=O) groups is 1. The number of halogens is 1. The summed E-state index contributed by atoms with van der Waals surface area (Å²) in [4.78, 5) is 11.5. The third-order valence-electron chi connectivity index (χ3n) is 2.50. The maximum absolute atomic E-state index is 11.5. The minimum Gasteiger partial charge on any atom is -0.403 e. The first-order chi connectivity index (χ1) is 9.19. The van der Waals surface area contributed by atoms with E-state index >= 15 is 0 Å². The van der Waals surface area contributed by atoms with Gasteiger partial charge in [0.1, 0.15) is 0 Å². The van der Waals surface area contributed by atoms with Crippen molar-refractivity contribution in [2.45, 2.75) is 26.2 Å². The molecular formula is C13H14BrN3O2. The zero-order valence-electron chi connectivity index (χ0n) is 10.5. The van der Waals surface area contributed by atoms with E-state index < -0.39 is 0 Å². The molecule has 0 fully saturated rings. The van der Waals surface area contributed by atoms with Crippen molar-refractivity contribution in [2.24, 2.45) is 0 Å². The van der Waals surface area contributed by atoms with Gasteiger partial charge in [0, 0.05) is 16.5 Å². The van der Waals surface area contributed by atoms with Gasteiger partial charge in [-0.05, 0) is 24.6 Å². The number of anilines is 1. The molecule has 2 rings (SSSR count). The summed E-state index contributed by atoms with van der Waals surface area (Å²) in [6.07, 6.45) is 2.28. The Morgan fingerprint density at radius 1 is 1.42 bits per heavy atom. The van der Waals surface area contributed by atoms with Gasteiger partial charge >= 0.3 is 6.01 Å². The molecule has 1 amide bonds. The third-order valence-corrected chi connectivity index (χ3v) is 2.99. The molecule has 0 saturated heterocycles. The van der Waals surface area contributed by atoms with Crippen molar-refractivity contribution in [1.82, 2.24) is 10.2 Å². The molecule has 5 nitrogen and oxygen atoms in total. The average molecular weight is 324 g/mol. The molecule has 1 aromatic heterocycles. The van der Waals surface area contributed by atoms with E-state index in [9.17, 15) is 4.79 Å². The van der Waals surface area contributed by atoms with E-state index in [2.05, 4.69) is 31.4 Å². The van der Waals surface area contributed by atoms with Gasteiger partial charge in [-0.15, -0.1) is 5.10 Å². The zero-order valence-corrected chi connectivity index (χ0v) is 12.1. The van der Waals surface area contributed by atoms with Crippen LogP contribution in [-0.2, 0) is 4.79 Å². The standard InChI is InChI=1S/C13H14BrN3O2/c1-2-3-7-11(18)15-13-17-16-12(19-13)9-5-4-6-10(14)8-9/h4-6,8H,2-3,7H2,1H3,(H,15,17,18).